The second kappa shape index (κ2) is 5.58. The minimum Gasteiger partial charge on any atom is -0.506 e. The molecule has 0 aliphatic carbocycles. The number of carbonyl (C=O) groups excluding carboxylic acids is 1. The van der Waals surface area contributed by atoms with Crippen molar-refractivity contribution in [3.8, 4) is 5.75 Å². The summed E-state index contributed by atoms with van der Waals surface area (Å²) in [6, 6.07) is 6.58. The number of amides is 1. The van der Waals surface area contributed by atoms with Crippen LogP contribution in [0.2, 0.25) is 5.15 Å². The summed E-state index contributed by atoms with van der Waals surface area (Å²) in [7, 11) is 0. The smallest absolute Gasteiger partial charge is 0.335 e. The van der Waals surface area contributed by atoms with Gasteiger partial charge in [-0.2, -0.15) is 0 Å². The van der Waals surface area contributed by atoms with Gasteiger partial charge in [-0.15, -0.1) is 0 Å². The number of phenolic OH excluding ortho intramolecular Hbond substituents is 1. The first-order chi connectivity index (χ1) is 9.47. The van der Waals surface area contributed by atoms with E-state index < -0.39 is 11.9 Å². The van der Waals surface area contributed by atoms with E-state index >= 15 is 0 Å². The fourth-order valence-electron chi connectivity index (χ4n) is 1.47. The number of nitrogens with one attached hydrogen (secondary N) is 1. The highest BCUT2D eigenvalue weighted by atomic mass is 35.5. The van der Waals surface area contributed by atoms with Gasteiger partial charge in [0.15, 0.2) is 0 Å². The Morgan fingerprint density at radius 2 is 1.85 bits per heavy atom. The van der Waals surface area contributed by atoms with Crippen LogP contribution in [0.5, 0.6) is 5.75 Å². The summed E-state index contributed by atoms with van der Waals surface area (Å²) in [6.07, 6.45) is 1.29. The number of aromatic carboxylic acids is 1. The molecule has 0 saturated carbocycles. The van der Waals surface area contributed by atoms with E-state index in [9.17, 15) is 14.7 Å². The standard InChI is InChI=1S/C13H9ClN2O4/c14-11-4-2-8(6-15-11)12(18)16-9-3-1-7(13(19)20)5-10(9)17/h1-6,17H,(H,16,18)(H,19,20). The minimum atomic E-state index is -1.17. The van der Waals surface area contributed by atoms with Gasteiger partial charge in [0.25, 0.3) is 5.91 Å². The van der Waals surface area contributed by atoms with Gasteiger partial charge in [-0.25, -0.2) is 9.78 Å². The average Bonchev–Trinajstić information content (AvgIpc) is 2.41. The quantitative estimate of drug-likeness (QED) is 0.596. The van der Waals surface area contributed by atoms with Crippen molar-refractivity contribution in [2.45, 2.75) is 0 Å². The number of pyridine rings is 1. The molecule has 2 rings (SSSR count). The van der Waals surface area contributed by atoms with Crippen LogP contribution in [-0.2, 0) is 0 Å². The van der Waals surface area contributed by atoms with E-state index in [1.54, 1.807) is 0 Å². The number of rotatable bonds is 3. The summed E-state index contributed by atoms with van der Waals surface area (Å²) >= 11 is 5.61. The van der Waals surface area contributed by atoms with Crippen LogP contribution >= 0.6 is 11.6 Å². The van der Waals surface area contributed by atoms with Crippen molar-refractivity contribution >= 4 is 29.2 Å². The largest absolute Gasteiger partial charge is 0.506 e. The van der Waals surface area contributed by atoms with Crippen molar-refractivity contribution in [1.29, 1.82) is 0 Å². The van der Waals surface area contributed by atoms with Crippen molar-refractivity contribution in [2.24, 2.45) is 0 Å². The number of phenols is 1. The maximum Gasteiger partial charge on any atom is 0.335 e. The molecular formula is C13H9ClN2O4. The maximum atomic E-state index is 11.9. The van der Waals surface area contributed by atoms with Crippen LogP contribution in [0, 0.1) is 0 Å². The Hall–Kier alpha value is -2.60. The van der Waals surface area contributed by atoms with Gasteiger partial charge in [-0.1, -0.05) is 11.6 Å². The molecule has 0 saturated heterocycles. The number of carboxylic acid groups (broad SMARTS) is 1. The number of nitrogens with zero attached hydrogens (tertiary/aromatic N) is 1. The van der Waals surface area contributed by atoms with Gasteiger partial charge in [0.1, 0.15) is 10.9 Å². The summed E-state index contributed by atoms with van der Waals surface area (Å²) in [5.74, 6) is -1.99. The lowest BCUT2D eigenvalue weighted by atomic mass is 10.2. The van der Waals surface area contributed by atoms with Gasteiger partial charge in [0, 0.05) is 6.20 Å². The molecule has 1 aromatic carbocycles. The maximum absolute atomic E-state index is 11.9. The molecule has 0 spiro atoms. The summed E-state index contributed by atoms with van der Waals surface area (Å²) in [5, 5.41) is 21.1. The number of carboxylic acids is 1. The van der Waals surface area contributed by atoms with Crippen LogP contribution in [0.4, 0.5) is 5.69 Å². The number of aromatic hydroxyl groups is 1. The average molecular weight is 293 g/mol. The van der Waals surface area contributed by atoms with E-state index in [4.69, 9.17) is 16.7 Å². The van der Waals surface area contributed by atoms with Gasteiger partial charge < -0.3 is 15.5 Å². The molecule has 3 N–H and O–H groups in total. The van der Waals surface area contributed by atoms with Gasteiger partial charge in [0.05, 0.1) is 16.8 Å². The lowest BCUT2D eigenvalue weighted by Gasteiger charge is -2.07. The Morgan fingerprint density at radius 1 is 1.15 bits per heavy atom. The summed E-state index contributed by atoms with van der Waals surface area (Å²) in [4.78, 5) is 26.4. The Kier molecular flexibility index (Phi) is 3.86. The second-order valence-corrected chi connectivity index (χ2v) is 4.25. The van der Waals surface area contributed by atoms with Crippen LogP contribution in [0.25, 0.3) is 0 Å². The lowest BCUT2D eigenvalue weighted by Crippen LogP contribution is -2.12. The number of benzene rings is 1. The molecule has 0 fully saturated rings. The molecule has 2 aromatic rings. The number of aromatic nitrogens is 1. The molecule has 0 aliphatic rings. The molecule has 6 nitrogen and oxygen atoms in total. The Bertz CT molecular complexity index is 671. The number of carbonyl (C=O) groups is 2. The Balaban J connectivity index is 2.19. The van der Waals surface area contributed by atoms with E-state index in [-0.39, 0.29) is 27.7 Å². The first kappa shape index (κ1) is 13.8. The molecule has 1 aromatic heterocycles. The van der Waals surface area contributed by atoms with Crippen molar-refractivity contribution in [3.63, 3.8) is 0 Å². The predicted octanol–water partition coefficient (Wildman–Crippen LogP) is 2.39. The minimum absolute atomic E-state index is 0.0753. The highest BCUT2D eigenvalue weighted by molar-refractivity contribution is 6.29. The van der Waals surface area contributed by atoms with E-state index in [0.717, 1.165) is 6.07 Å². The third kappa shape index (κ3) is 3.04. The third-order valence-electron chi connectivity index (χ3n) is 2.48. The van der Waals surface area contributed by atoms with Gasteiger partial charge >= 0.3 is 5.97 Å². The van der Waals surface area contributed by atoms with Crippen molar-refractivity contribution < 1.29 is 19.8 Å². The molecule has 0 radical (unpaired) electrons. The Labute approximate surface area is 118 Å². The van der Waals surface area contributed by atoms with Gasteiger partial charge in [-0.05, 0) is 30.3 Å². The van der Waals surface area contributed by atoms with Crippen molar-refractivity contribution in [3.05, 3.63) is 52.8 Å². The number of halogens is 1. The number of hydrogen-bond acceptors (Lipinski definition) is 4. The van der Waals surface area contributed by atoms with Crippen LogP contribution in [0.1, 0.15) is 20.7 Å². The van der Waals surface area contributed by atoms with E-state index in [2.05, 4.69) is 10.3 Å². The summed E-state index contributed by atoms with van der Waals surface area (Å²) in [6.45, 7) is 0. The molecule has 20 heavy (non-hydrogen) atoms. The fourth-order valence-corrected chi connectivity index (χ4v) is 1.59. The molecule has 1 amide bonds. The lowest BCUT2D eigenvalue weighted by molar-refractivity contribution is 0.0696. The fraction of sp³-hybridized carbons (Fsp3) is 0. The molecule has 102 valence electrons. The molecule has 0 bridgehead atoms. The van der Waals surface area contributed by atoms with Crippen LogP contribution in [0.3, 0.4) is 0 Å². The molecule has 0 aliphatic heterocycles. The first-order valence-corrected chi connectivity index (χ1v) is 5.84. The topological polar surface area (TPSA) is 99.5 Å². The molecule has 0 unspecified atom stereocenters. The van der Waals surface area contributed by atoms with Crippen LogP contribution in [-0.4, -0.2) is 27.1 Å². The zero-order chi connectivity index (χ0) is 14.7. The van der Waals surface area contributed by atoms with E-state index in [1.165, 1.54) is 30.5 Å². The highest BCUT2D eigenvalue weighted by Crippen LogP contribution is 2.24. The zero-order valence-corrected chi connectivity index (χ0v) is 10.8. The number of anilines is 1. The predicted molar refractivity (Wildman–Crippen MR) is 72.3 cm³/mol. The molecular weight excluding hydrogens is 284 g/mol. The first-order valence-electron chi connectivity index (χ1n) is 5.46. The molecule has 7 heteroatoms. The van der Waals surface area contributed by atoms with Gasteiger partial charge in [0.2, 0.25) is 0 Å². The zero-order valence-electron chi connectivity index (χ0n) is 10.0. The Morgan fingerprint density at radius 3 is 2.40 bits per heavy atom. The van der Waals surface area contributed by atoms with Crippen molar-refractivity contribution in [2.75, 3.05) is 5.32 Å². The normalized spacial score (nSPS) is 10.1. The number of hydrogen-bond donors (Lipinski definition) is 3. The summed E-state index contributed by atoms with van der Waals surface area (Å²) in [5.41, 5.74) is 0.291. The van der Waals surface area contributed by atoms with Crippen LogP contribution < -0.4 is 5.32 Å². The summed E-state index contributed by atoms with van der Waals surface area (Å²) < 4.78 is 0. The highest BCUT2D eigenvalue weighted by Gasteiger charge is 2.11. The molecule has 1 heterocycles. The van der Waals surface area contributed by atoms with E-state index in [1.807, 2.05) is 0 Å². The van der Waals surface area contributed by atoms with Crippen molar-refractivity contribution in [1.82, 2.24) is 4.98 Å². The third-order valence-corrected chi connectivity index (χ3v) is 2.71. The monoisotopic (exact) mass is 292 g/mol. The molecule has 0 atom stereocenters. The van der Waals surface area contributed by atoms with Crippen LogP contribution in [0.15, 0.2) is 36.5 Å². The second-order valence-electron chi connectivity index (χ2n) is 3.86. The SMILES string of the molecule is O=C(O)c1ccc(NC(=O)c2ccc(Cl)nc2)c(O)c1. The van der Waals surface area contributed by atoms with Gasteiger partial charge in [-0.3, -0.25) is 4.79 Å². The van der Waals surface area contributed by atoms with E-state index in [0.29, 0.717) is 0 Å².